The summed E-state index contributed by atoms with van der Waals surface area (Å²) in [4.78, 5) is 0. The molecule has 0 aromatic heterocycles. The Kier molecular flexibility index (Phi) is 4.27. The average molecular weight is 283 g/mol. The van der Waals surface area contributed by atoms with Crippen LogP contribution in [0.2, 0.25) is 0 Å². The van der Waals surface area contributed by atoms with Crippen LogP contribution in [0.3, 0.4) is 0 Å². The summed E-state index contributed by atoms with van der Waals surface area (Å²) >= 11 is 0. The van der Waals surface area contributed by atoms with Crippen LogP contribution in [0.4, 0.5) is 23.2 Å². The molecule has 0 fully saturated rings. The fourth-order valence-corrected chi connectivity index (χ4v) is 1.97. The van der Waals surface area contributed by atoms with E-state index in [2.05, 4.69) is 5.32 Å². The number of hydrogen-bond acceptors (Lipinski definition) is 1. The van der Waals surface area contributed by atoms with Gasteiger partial charge in [0.15, 0.2) is 17.5 Å². The lowest BCUT2D eigenvalue weighted by atomic mass is 10.1. The molecular weight excluding hydrogens is 270 g/mol. The largest absolute Gasteiger partial charge is 0.380 e. The Hall–Kier alpha value is -2.04. The second kappa shape index (κ2) is 5.94. The zero-order valence-corrected chi connectivity index (χ0v) is 10.8. The van der Waals surface area contributed by atoms with Crippen LogP contribution in [0.15, 0.2) is 36.4 Å². The summed E-state index contributed by atoms with van der Waals surface area (Å²) in [5.74, 6) is -4.34. The van der Waals surface area contributed by atoms with Gasteiger partial charge in [0.05, 0.1) is 5.69 Å². The van der Waals surface area contributed by atoms with Gasteiger partial charge in [-0.25, -0.2) is 17.6 Å². The highest BCUT2D eigenvalue weighted by molar-refractivity contribution is 5.46. The Labute approximate surface area is 114 Å². The van der Waals surface area contributed by atoms with Gasteiger partial charge in [0.25, 0.3) is 0 Å². The van der Waals surface area contributed by atoms with Gasteiger partial charge >= 0.3 is 0 Å². The maximum absolute atomic E-state index is 13.5. The van der Waals surface area contributed by atoms with E-state index in [4.69, 9.17) is 0 Å². The Morgan fingerprint density at radius 1 is 1.00 bits per heavy atom. The monoisotopic (exact) mass is 283 g/mol. The first-order chi connectivity index (χ1) is 9.47. The van der Waals surface area contributed by atoms with Crippen molar-refractivity contribution in [3.8, 4) is 0 Å². The van der Waals surface area contributed by atoms with Gasteiger partial charge < -0.3 is 5.32 Å². The first-order valence-electron chi connectivity index (χ1n) is 6.12. The molecule has 20 heavy (non-hydrogen) atoms. The number of rotatable bonds is 4. The van der Waals surface area contributed by atoms with E-state index in [9.17, 15) is 17.6 Å². The van der Waals surface area contributed by atoms with Crippen molar-refractivity contribution in [1.82, 2.24) is 0 Å². The van der Waals surface area contributed by atoms with E-state index in [-0.39, 0.29) is 17.5 Å². The summed E-state index contributed by atoms with van der Waals surface area (Å²) in [5, 5.41) is 2.74. The first-order valence-corrected chi connectivity index (χ1v) is 6.12. The minimum atomic E-state index is -1.51. The molecule has 0 saturated carbocycles. The molecular formula is C15H13F4N. The summed E-state index contributed by atoms with van der Waals surface area (Å²) < 4.78 is 52.4. The molecule has 0 amide bonds. The zero-order chi connectivity index (χ0) is 14.7. The molecule has 1 atom stereocenters. The third-order valence-corrected chi connectivity index (χ3v) is 2.87. The van der Waals surface area contributed by atoms with Crippen LogP contribution >= 0.6 is 0 Å². The second-order valence-electron chi connectivity index (χ2n) is 4.60. The third kappa shape index (κ3) is 3.29. The molecule has 5 heteroatoms. The van der Waals surface area contributed by atoms with Crippen LogP contribution in [-0.4, -0.2) is 6.04 Å². The molecule has 0 heterocycles. The molecule has 2 aromatic rings. The maximum atomic E-state index is 13.5. The van der Waals surface area contributed by atoms with Gasteiger partial charge in [-0.05, 0) is 43.2 Å². The van der Waals surface area contributed by atoms with Gasteiger partial charge in [-0.3, -0.25) is 0 Å². The van der Waals surface area contributed by atoms with Crippen molar-refractivity contribution >= 4 is 5.69 Å². The normalized spacial score (nSPS) is 12.2. The summed E-state index contributed by atoms with van der Waals surface area (Å²) in [6.07, 6.45) is 0.427. The molecule has 1 N–H and O–H groups in total. The number of hydrogen-bond donors (Lipinski definition) is 1. The molecule has 0 aliphatic rings. The van der Waals surface area contributed by atoms with Crippen molar-refractivity contribution in [3.63, 3.8) is 0 Å². The molecule has 0 aliphatic heterocycles. The van der Waals surface area contributed by atoms with Crippen molar-refractivity contribution < 1.29 is 17.6 Å². The maximum Gasteiger partial charge on any atom is 0.196 e. The van der Waals surface area contributed by atoms with E-state index in [0.717, 1.165) is 17.7 Å². The van der Waals surface area contributed by atoms with Crippen molar-refractivity contribution in [3.05, 3.63) is 65.2 Å². The molecule has 0 saturated heterocycles. The van der Waals surface area contributed by atoms with E-state index in [0.29, 0.717) is 6.42 Å². The second-order valence-corrected chi connectivity index (χ2v) is 4.60. The van der Waals surface area contributed by atoms with E-state index in [1.54, 1.807) is 19.1 Å². The van der Waals surface area contributed by atoms with Crippen LogP contribution < -0.4 is 5.32 Å². The van der Waals surface area contributed by atoms with Gasteiger partial charge in [-0.2, -0.15) is 0 Å². The van der Waals surface area contributed by atoms with Crippen LogP contribution in [-0.2, 0) is 6.42 Å². The Morgan fingerprint density at radius 3 is 2.45 bits per heavy atom. The van der Waals surface area contributed by atoms with Crippen molar-refractivity contribution in [1.29, 1.82) is 0 Å². The fraction of sp³-hybridized carbons (Fsp3) is 0.200. The molecule has 0 radical (unpaired) electrons. The van der Waals surface area contributed by atoms with Crippen molar-refractivity contribution in [2.24, 2.45) is 0 Å². The van der Waals surface area contributed by atoms with Gasteiger partial charge in [-0.1, -0.05) is 12.1 Å². The molecule has 0 aliphatic carbocycles. The number of halogens is 4. The highest BCUT2D eigenvalue weighted by Gasteiger charge is 2.15. The summed E-state index contributed by atoms with van der Waals surface area (Å²) in [6, 6.07) is 7.75. The standard InChI is InChI=1S/C15H13F4N/c1-9(7-10-3-2-4-11(16)8-10)20-13-6-5-12(17)14(18)15(13)19/h2-6,8-9,20H,7H2,1H3. The first kappa shape index (κ1) is 14.4. The van der Waals surface area contributed by atoms with Crippen LogP contribution in [0.1, 0.15) is 12.5 Å². The number of anilines is 1. The van der Waals surface area contributed by atoms with Gasteiger partial charge in [-0.15, -0.1) is 0 Å². The Bertz CT molecular complexity index is 613. The van der Waals surface area contributed by atoms with E-state index in [1.165, 1.54) is 12.1 Å². The van der Waals surface area contributed by atoms with Gasteiger partial charge in [0, 0.05) is 6.04 Å². The highest BCUT2D eigenvalue weighted by Crippen LogP contribution is 2.21. The number of nitrogens with one attached hydrogen (secondary N) is 1. The van der Waals surface area contributed by atoms with Crippen molar-refractivity contribution in [2.45, 2.75) is 19.4 Å². The van der Waals surface area contributed by atoms with Crippen LogP contribution in [0, 0.1) is 23.3 Å². The summed E-state index contributed by atoms with van der Waals surface area (Å²) in [5.41, 5.74) is 0.612. The molecule has 1 unspecified atom stereocenters. The predicted octanol–water partition coefficient (Wildman–Crippen LogP) is 4.29. The SMILES string of the molecule is CC(Cc1cccc(F)c1)Nc1ccc(F)c(F)c1F. The molecule has 0 bridgehead atoms. The third-order valence-electron chi connectivity index (χ3n) is 2.87. The van der Waals surface area contributed by atoms with E-state index < -0.39 is 17.5 Å². The zero-order valence-electron chi connectivity index (χ0n) is 10.8. The Balaban J connectivity index is 2.08. The van der Waals surface area contributed by atoms with Crippen LogP contribution in [0.25, 0.3) is 0 Å². The quantitative estimate of drug-likeness (QED) is 0.652. The average Bonchev–Trinajstić information content (AvgIpc) is 2.39. The van der Waals surface area contributed by atoms with Gasteiger partial charge in [0.1, 0.15) is 5.82 Å². The minimum Gasteiger partial charge on any atom is -0.380 e. The van der Waals surface area contributed by atoms with E-state index >= 15 is 0 Å². The smallest absolute Gasteiger partial charge is 0.196 e. The Morgan fingerprint density at radius 2 is 1.75 bits per heavy atom. The molecule has 1 nitrogen and oxygen atoms in total. The molecule has 2 aromatic carbocycles. The van der Waals surface area contributed by atoms with Crippen LogP contribution in [0.5, 0.6) is 0 Å². The number of benzene rings is 2. The van der Waals surface area contributed by atoms with Crippen molar-refractivity contribution in [2.75, 3.05) is 5.32 Å². The topological polar surface area (TPSA) is 12.0 Å². The predicted molar refractivity (Wildman–Crippen MR) is 69.5 cm³/mol. The summed E-state index contributed by atoms with van der Waals surface area (Å²) in [6.45, 7) is 1.74. The minimum absolute atomic E-state index is 0.118. The van der Waals surface area contributed by atoms with Gasteiger partial charge in [0.2, 0.25) is 0 Å². The lowest BCUT2D eigenvalue weighted by Gasteiger charge is -2.16. The molecule has 2 rings (SSSR count). The highest BCUT2D eigenvalue weighted by atomic mass is 19.2. The lowest BCUT2D eigenvalue weighted by molar-refractivity contribution is 0.448. The van der Waals surface area contributed by atoms with E-state index in [1.807, 2.05) is 0 Å². The fourth-order valence-electron chi connectivity index (χ4n) is 1.97. The summed E-state index contributed by atoms with van der Waals surface area (Å²) in [7, 11) is 0. The lowest BCUT2D eigenvalue weighted by Crippen LogP contribution is -2.19. The molecule has 106 valence electrons. The molecule has 0 spiro atoms.